The zero-order valence-electron chi connectivity index (χ0n) is 16.3. The first-order valence-corrected chi connectivity index (χ1v) is 11.8. The van der Waals surface area contributed by atoms with Crippen LogP contribution in [0.3, 0.4) is 0 Å². The second kappa shape index (κ2) is 9.71. The van der Waals surface area contributed by atoms with Crippen LogP contribution in [0.25, 0.3) is 0 Å². The molecule has 1 aliphatic rings. The Morgan fingerprint density at radius 3 is 2.43 bits per heavy atom. The second-order valence-electron chi connectivity index (χ2n) is 7.01. The molecule has 12 heteroatoms. The first-order valence-electron chi connectivity index (χ1n) is 8.92. The Balaban J connectivity index is 2.00. The molecule has 1 fully saturated rings. The highest BCUT2D eigenvalue weighted by atomic mass is 32.2. The fourth-order valence-electron chi connectivity index (χ4n) is 2.72. The van der Waals surface area contributed by atoms with Gasteiger partial charge >= 0.3 is 13.3 Å². The Hall–Kier alpha value is -0.940. The second-order valence-corrected chi connectivity index (χ2v) is 10.4. The highest BCUT2D eigenvalue weighted by Gasteiger charge is 2.44. The van der Waals surface area contributed by atoms with Crippen molar-refractivity contribution < 1.29 is 28.6 Å². The minimum Gasteiger partial charge on any atom is -0.387 e. The fraction of sp³-hybridized carbons (Fsp3) is 0.750. The molecule has 0 aliphatic carbocycles. The van der Waals surface area contributed by atoms with Gasteiger partial charge in [-0.1, -0.05) is 0 Å². The third-order valence-corrected chi connectivity index (χ3v) is 7.78. The van der Waals surface area contributed by atoms with E-state index in [4.69, 9.17) is 19.5 Å². The van der Waals surface area contributed by atoms with Gasteiger partial charge in [-0.2, -0.15) is 4.98 Å². The monoisotopic (exact) mass is 437 g/mol. The molecule has 0 aromatic carbocycles. The van der Waals surface area contributed by atoms with Crippen molar-refractivity contribution in [1.82, 2.24) is 9.55 Å². The van der Waals surface area contributed by atoms with Crippen molar-refractivity contribution in [3.05, 3.63) is 22.7 Å². The summed E-state index contributed by atoms with van der Waals surface area (Å²) in [6, 6.07) is 1.40. The maximum Gasteiger partial charge on any atom is 0.351 e. The zero-order chi connectivity index (χ0) is 21.1. The van der Waals surface area contributed by atoms with E-state index in [2.05, 4.69) is 4.98 Å². The molecule has 0 bridgehead atoms. The maximum absolute atomic E-state index is 12.8. The average Bonchev–Trinajstić information content (AvgIpc) is 2.81. The summed E-state index contributed by atoms with van der Waals surface area (Å²) < 4.78 is 30.5. The topological polar surface area (TPSA) is 146 Å². The number of hydrogen-bond donors (Lipinski definition) is 3. The van der Waals surface area contributed by atoms with Gasteiger partial charge in [-0.15, -0.1) is 11.8 Å². The molecule has 0 unspecified atom stereocenters. The van der Waals surface area contributed by atoms with Crippen LogP contribution in [-0.2, 0) is 18.3 Å². The van der Waals surface area contributed by atoms with Gasteiger partial charge < -0.3 is 29.7 Å². The number of rotatable bonds is 9. The van der Waals surface area contributed by atoms with E-state index in [1.54, 1.807) is 27.7 Å². The number of hydrogen-bond acceptors (Lipinski definition) is 10. The van der Waals surface area contributed by atoms with E-state index in [0.717, 1.165) is 4.57 Å². The van der Waals surface area contributed by atoms with Crippen LogP contribution in [0.4, 0.5) is 5.82 Å². The number of aliphatic hydroxyl groups is 2. The molecule has 1 aromatic rings. The minimum atomic E-state index is -3.33. The van der Waals surface area contributed by atoms with Crippen LogP contribution in [0.1, 0.15) is 33.9 Å². The van der Waals surface area contributed by atoms with Crippen molar-refractivity contribution in [1.29, 1.82) is 0 Å². The van der Waals surface area contributed by atoms with E-state index in [1.807, 2.05) is 0 Å². The molecule has 0 amide bonds. The van der Waals surface area contributed by atoms with Gasteiger partial charge in [-0.3, -0.25) is 9.13 Å². The van der Waals surface area contributed by atoms with Crippen molar-refractivity contribution in [3.63, 3.8) is 0 Å². The van der Waals surface area contributed by atoms with Crippen molar-refractivity contribution >= 4 is 25.2 Å². The summed E-state index contributed by atoms with van der Waals surface area (Å²) in [6.45, 7) is 7.07. The van der Waals surface area contributed by atoms with Crippen LogP contribution >= 0.6 is 19.4 Å². The molecule has 2 heterocycles. The number of nitrogen functional groups attached to an aromatic ring is 1. The van der Waals surface area contributed by atoms with Crippen LogP contribution < -0.4 is 11.4 Å². The zero-order valence-corrected chi connectivity index (χ0v) is 18.0. The van der Waals surface area contributed by atoms with E-state index in [0.29, 0.717) is 0 Å². The van der Waals surface area contributed by atoms with E-state index in [9.17, 15) is 19.6 Å². The Morgan fingerprint density at radius 2 is 1.89 bits per heavy atom. The minimum absolute atomic E-state index is 0.0486. The summed E-state index contributed by atoms with van der Waals surface area (Å²) in [6.07, 6.45) is -3.60. The summed E-state index contributed by atoms with van der Waals surface area (Å²) in [5, 5.41) is 20.5. The molecule has 2 rings (SSSR count). The highest BCUT2D eigenvalue weighted by molar-refractivity contribution is 8.04. The molecule has 0 saturated carbocycles. The van der Waals surface area contributed by atoms with Crippen LogP contribution in [-0.4, -0.2) is 61.5 Å². The molecular weight excluding hydrogens is 409 g/mol. The molecule has 10 nitrogen and oxygen atoms in total. The van der Waals surface area contributed by atoms with Gasteiger partial charge in [0.25, 0.3) is 0 Å². The molecule has 1 saturated heterocycles. The summed E-state index contributed by atoms with van der Waals surface area (Å²) in [4.78, 5) is 15.6. The summed E-state index contributed by atoms with van der Waals surface area (Å²) in [5.41, 5.74) is 4.84. The number of ether oxygens (including phenoxy) is 1. The van der Waals surface area contributed by atoms with Crippen molar-refractivity contribution in [2.24, 2.45) is 0 Å². The van der Waals surface area contributed by atoms with Crippen molar-refractivity contribution in [2.75, 3.05) is 17.0 Å². The number of nitrogens with zero attached hydrogens (tertiary/aromatic N) is 2. The van der Waals surface area contributed by atoms with Crippen molar-refractivity contribution in [2.45, 2.75) is 64.4 Å². The van der Waals surface area contributed by atoms with Gasteiger partial charge in [0.15, 0.2) is 6.23 Å². The predicted molar refractivity (Wildman–Crippen MR) is 106 cm³/mol. The van der Waals surface area contributed by atoms with E-state index in [1.165, 1.54) is 24.0 Å². The van der Waals surface area contributed by atoms with Gasteiger partial charge in [0.1, 0.15) is 18.0 Å². The smallest absolute Gasteiger partial charge is 0.351 e. The van der Waals surface area contributed by atoms with Crippen molar-refractivity contribution in [3.8, 4) is 0 Å². The van der Waals surface area contributed by atoms with Crippen LogP contribution in [0, 0.1) is 0 Å². The van der Waals surface area contributed by atoms with Crippen LogP contribution in [0.2, 0.25) is 0 Å². The molecule has 4 atom stereocenters. The third kappa shape index (κ3) is 6.03. The van der Waals surface area contributed by atoms with Gasteiger partial charge in [-0.25, -0.2) is 4.79 Å². The normalized spacial score (nSPS) is 25.7. The predicted octanol–water partition coefficient (Wildman–Crippen LogP) is 1.18. The fourth-order valence-corrected chi connectivity index (χ4v) is 6.37. The van der Waals surface area contributed by atoms with Gasteiger partial charge in [-0.05, 0) is 33.8 Å². The van der Waals surface area contributed by atoms with Crippen LogP contribution in [0.15, 0.2) is 17.1 Å². The molecular formula is C16H28N3O7PS. The Kier molecular flexibility index (Phi) is 8.09. The Bertz CT molecular complexity index is 746. The summed E-state index contributed by atoms with van der Waals surface area (Å²) in [5.74, 6) is 0.270. The molecule has 0 spiro atoms. The van der Waals surface area contributed by atoms with E-state index < -0.39 is 37.8 Å². The average molecular weight is 437 g/mol. The first kappa shape index (κ1) is 23.3. The summed E-state index contributed by atoms with van der Waals surface area (Å²) >= 11 is 1.22. The standard InChI is InChI=1S/C16H28N3O7PS/c1-9(2)25-27(23,26-10(3)4)8-28-7-11-13(20)14(21)15(24-11)19-6-5-12(17)18-16(19)22/h5-6,9-11,13-15,20-21H,7-8H2,1-4H3,(H2,17,18,22)/t11-,13-,14-,15-/m1/s1. The number of nitrogens with two attached hydrogens (primary N) is 1. The number of aromatic nitrogens is 2. The molecule has 1 aliphatic heterocycles. The third-order valence-electron chi connectivity index (χ3n) is 3.74. The van der Waals surface area contributed by atoms with E-state index >= 15 is 0 Å². The molecule has 160 valence electrons. The molecule has 4 N–H and O–H groups in total. The molecule has 0 radical (unpaired) electrons. The molecule has 28 heavy (non-hydrogen) atoms. The van der Waals surface area contributed by atoms with Gasteiger partial charge in [0, 0.05) is 11.9 Å². The quantitative estimate of drug-likeness (QED) is 0.481. The highest BCUT2D eigenvalue weighted by Crippen LogP contribution is 2.53. The lowest BCUT2D eigenvalue weighted by Gasteiger charge is -2.23. The SMILES string of the molecule is CC(C)OP(=O)(CSC[C@H]1O[C@@H](n2ccc(N)nc2=O)[C@H](O)[C@@H]1O)OC(C)C. The lowest BCUT2D eigenvalue weighted by atomic mass is 10.1. The number of anilines is 1. The lowest BCUT2D eigenvalue weighted by molar-refractivity contribution is -0.0339. The van der Waals surface area contributed by atoms with Gasteiger partial charge in [0.2, 0.25) is 0 Å². The number of thioether (sulfide) groups is 1. The lowest BCUT2D eigenvalue weighted by Crippen LogP contribution is -2.35. The number of aliphatic hydroxyl groups excluding tert-OH is 2. The van der Waals surface area contributed by atoms with E-state index in [-0.39, 0.29) is 29.3 Å². The Labute approximate surface area is 167 Å². The maximum atomic E-state index is 12.8. The largest absolute Gasteiger partial charge is 0.387 e. The Morgan fingerprint density at radius 1 is 1.29 bits per heavy atom. The molecule has 1 aromatic heterocycles. The van der Waals surface area contributed by atoms with Gasteiger partial charge in [0.05, 0.1) is 23.8 Å². The first-order chi connectivity index (χ1) is 13.0. The van der Waals surface area contributed by atoms with Crippen LogP contribution in [0.5, 0.6) is 0 Å². The summed E-state index contributed by atoms with van der Waals surface area (Å²) in [7, 11) is -3.33.